The van der Waals surface area contributed by atoms with E-state index in [-0.39, 0.29) is 5.63 Å². The third-order valence-corrected chi connectivity index (χ3v) is 3.17. The van der Waals surface area contributed by atoms with Crippen molar-refractivity contribution >= 4 is 33.6 Å². The van der Waals surface area contributed by atoms with Crippen molar-refractivity contribution in [2.45, 2.75) is 13.8 Å². The van der Waals surface area contributed by atoms with Crippen molar-refractivity contribution in [1.29, 1.82) is 0 Å². The van der Waals surface area contributed by atoms with E-state index in [1.165, 1.54) is 6.07 Å². The summed E-state index contributed by atoms with van der Waals surface area (Å²) in [4.78, 5) is 15.4. The van der Waals surface area contributed by atoms with Gasteiger partial charge in [0, 0.05) is 24.1 Å². The molecule has 5 heteroatoms. The summed E-state index contributed by atoms with van der Waals surface area (Å²) in [7, 11) is 0. The molecule has 0 amide bonds. The molecule has 1 aromatic heterocycles. The minimum absolute atomic E-state index is 0.340. The zero-order valence-electron chi connectivity index (χ0n) is 12.8. The highest BCUT2D eigenvalue weighted by Gasteiger charge is 2.02. The molecule has 0 saturated heterocycles. The first kappa shape index (κ1) is 18.0. The molecule has 0 radical (unpaired) electrons. The molecular formula is C16H22INO3. The van der Waals surface area contributed by atoms with Gasteiger partial charge < -0.3 is 14.1 Å². The maximum atomic E-state index is 11.2. The van der Waals surface area contributed by atoms with Gasteiger partial charge in [0.05, 0.1) is 0 Å². The maximum absolute atomic E-state index is 11.2. The highest BCUT2D eigenvalue weighted by molar-refractivity contribution is 14.1. The number of nitrogens with zero attached hydrogens (tertiary/aromatic N) is 1. The fourth-order valence-corrected chi connectivity index (χ4v) is 1.96. The van der Waals surface area contributed by atoms with Crippen LogP contribution in [0.5, 0.6) is 5.75 Å². The lowest BCUT2D eigenvalue weighted by atomic mass is 10.2. The van der Waals surface area contributed by atoms with Gasteiger partial charge in [-0.05, 0) is 36.2 Å². The Kier molecular flexibility index (Phi) is 8.37. The molecule has 21 heavy (non-hydrogen) atoms. The van der Waals surface area contributed by atoms with Crippen molar-refractivity contribution in [3.8, 4) is 5.75 Å². The second-order valence-electron chi connectivity index (χ2n) is 4.33. The molecule has 116 valence electrons. The van der Waals surface area contributed by atoms with Gasteiger partial charge in [-0.15, -0.1) is 0 Å². The quantitative estimate of drug-likeness (QED) is 0.420. The van der Waals surface area contributed by atoms with Crippen molar-refractivity contribution in [3.63, 3.8) is 0 Å². The average molecular weight is 403 g/mol. The van der Waals surface area contributed by atoms with Crippen LogP contribution in [0.3, 0.4) is 0 Å². The molecule has 2 aromatic rings. The number of ether oxygens (including phenoxy) is 1. The first-order valence-electron chi connectivity index (χ1n) is 6.99. The van der Waals surface area contributed by atoms with Crippen molar-refractivity contribution in [2.24, 2.45) is 0 Å². The Labute approximate surface area is 139 Å². The molecule has 0 spiro atoms. The van der Waals surface area contributed by atoms with Crippen molar-refractivity contribution < 1.29 is 9.15 Å². The van der Waals surface area contributed by atoms with E-state index in [0.717, 1.165) is 30.8 Å². The monoisotopic (exact) mass is 403 g/mol. The summed E-state index contributed by atoms with van der Waals surface area (Å²) in [6.07, 6.45) is 0. The van der Waals surface area contributed by atoms with Crippen LogP contribution in [0.25, 0.3) is 11.0 Å². The van der Waals surface area contributed by atoms with Crippen LogP contribution in [-0.2, 0) is 0 Å². The number of rotatable bonds is 6. The number of likely N-dealkylation sites (N-methyl/N-ethyl adjacent to an activating group) is 1. The second kappa shape index (κ2) is 9.78. The number of fused-ring (bicyclic) bond motifs is 1. The number of hydrogen-bond acceptors (Lipinski definition) is 4. The first-order valence-corrected chi connectivity index (χ1v) is 9.15. The number of halogens is 1. The van der Waals surface area contributed by atoms with E-state index in [1.807, 2.05) is 17.1 Å². The van der Waals surface area contributed by atoms with Gasteiger partial charge in [0.2, 0.25) is 0 Å². The summed E-state index contributed by atoms with van der Waals surface area (Å²) < 4.78 is 10.8. The Morgan fingerprint density at radius 1 is 1.14 bits per heavy atom. The van der Waals surface area contributed by atoms with Crippen molar-refractivity contribution in [3.05, 3.63) is 40.8 Å². The summed E-state index contributed by atoms with van der Waals surface area (Å²) in [5.74, 6) is 0.731. The van der Waals surface area contributed by atoms with Crippen LogP contribution in [0, 0.1) is 0 Å². The minimum atomic E-state index is -0.340. The maximum Gasteiger partial charge on any atom is 0.336 e. The predicted octanol–water partition coefficient (Wildman–Crippen LogP) is 3.56. The Morgan fingerprint density at radius 3 is 2.48 bits per heavy atom. The topological polar surface area (TPSA) is 42.7 Å². The SMILES string of the molecule is CCN(CC)CCOc1ccc2ccc(=O)oc2c1.CI. The molecule has 0 aliphatic carbocycles. The Morgan fingerprint density at radius 2 is 1.81 bits per heavy atom. The van der Waals surface area contributed by atoms with Crippen molar-refractivity contribution in [1.82, 2.24) is 4.90 Å². The Bertz CT molecular complexity index is 593. The third kappa shape index (κ3) is 5.67. The summed E-state index contributed by atoms with van der Waals surface area (Å²) >= 11 is 2.15. The van der Waals surface area contributed by atoms with Crippen LogP contribution in [-0.4, -0.2) is 36.1 Å². The van der Waals surface area contributed by atoms with E-state index in [0.29, 0.717) is 12.2 Å². The lowest BCUT2D eigenvalue weighted by molar-refractivity contribution is 0.223. The van der Waals surface area contributed by atoms with Gasteiger partial charge in [-0.2, -0.15) is 0 Å². The molecule has 1 aromatic carbocycles. The van der Waals surface area contributed by atoms with E-state index in [2.05, 4.69) is 41.3 Å². The van der Waals surface area contributed by atoms with Crippen LogP contribution >= 0.6 is 22.6 Å². The van der Waals surface area contributed by atoms with Crippen LogP contribution in [0.2, 0.25) is 0 Å². The van der Waals surface area contributed by atoms with E-state index in [1.54, 1.807) is 12.1 Å². The zero-order valence-corrected chi connectivity index (χ0v) is 14.9. The number of alkyl halides is 1. The first-order chi connectivity index (χ1) is 10.2. The fraction of sp³-hybridized carbons (Fsp3) is 0.438. The van der Waals surface area contributed by atoms with Crippen molar-refractivity contribution in [2.75, 3.05) is 31.2 Å². The minimum Gasteiger partial charge on any atom is -0.492 e. The Hall–Kier alpha value is -1.08. The molecule has 0 atom stereocenters. The second-order valence-corrected chi connectivity index (χ2v) is 4.33. The standard InChI is InChI=1S/C15H19NO3.CH3I/c1-3-16(4-2)9-10-18-13-7-5-12-6-8-15(17)19-14(12)11-13;1-2/h5-8,11H,3-4,9-10H2,1-2H3;1H3. The number of benzene rings is 1. The molecule has 0 fully saturated rings. The summed E-state index contributed by atoms with van der Waals surface area (Å²) in [6, 6.07) is 8.72. The summed E-state index contributed by atoms with van der Waals surface area (Å²) in [6.45, 7) is 7.83. The van der Waals surface area contributed by atoms with Gasteiger partial charge in [0.15, 0.2) is 0 Å². The normalized spacial score (nSPS) is 10.3. The van der Waals surface area contributed by atoms with E-state index in [4.69, 9.17) is 9.15 Å². The van der Waals surface area contributed by atoms with Crippen LogP contribution in [0.15, 0.2) is 39.5 Å². The van der Waals surface area contributed by atoms with E-state index >= 15 is 0 Å². The molecule has 0 N–H and O–H groups in total. The lowest BCUT2D eigenvalue weighted by Crippen LogP contribution is -2.27. The molecule has 0 bridgehead atoms. The van der Waals surface area contributed by atoms with E-state index < -0.39 is 0 Å². The van der Waals surface area contributed by atoms with Crippen LogP contribution in [0.1, 0.15) is 13.8 Å². The largest absolute Gasteiger partial charge is 0.492 e. The molecule has 2 rings (SSSR count). The average Bonchev–Trinajstić information content (AvgIpc) is 2.53. The zero-order chi connectivity index (χ0) is 15.7. The summed E-state index contributed by atoms with van der Waals surface area (Å²) in [5.41, 5.74) is 0.223. The van der Waals surface area contributed by atoms with Gasteiger partial charge in [-0.3, -0.25) is 0 Å². The third-order valence-electron chi connectivity index (χ3n) is 3.17. The smallest absolute Gasteiger partial charge is 0.336 e. The lowest BCUT2D eigenvalue weighted by Gasteiger charge is -2.17. The fourth-order valence-electron chi connectivity index (χ4n) is 1.96. The van der Waals surface area contributed by atoms with Gasteiger partial charge in [-0.1, -0.05) is 36.4 Å². The number of hydrogen-bond donors (Lipinski definition) is 0. The van der Waals surface area contributed by atoms with Gasteiger partial charge >= 0.3 is 5.63 Å². The van der Waals surface area contributed by atoms with E-state index in [9.17, 15) is 4.79 Å². The molecule has 0 aliphatic rings. The summed E-state index contributed by atoms with van der Waals surface area (Å²) in [5, 5.41) is 0.899. The molecule has 1 heterocycles. The molecule has 0 unspecified atom stereocenters. The highest BCUT2D eigenvalue weighted by atomic mass is 127. The predicted molar refractivity (Wildman–Crippen MR) is 95.7 cm³/mol. The highest BCUT2D eigenvalue weighted by Crippen LogP contribution is 2.19. The molecule has 4 nitrogen and oxygen atoms in total. The van der Waals surface area contributed by atoms with Gasteiger partial charge in [-0.25, -0.2) is 4.79 Å². The van der Waals surface area contributed by atoms with Gasteiger partial charge in [0.25, 0.3) is 0 Å². The van der Waals surface area contributed by atoms with Gasteiger partial charge in [0.1, 0.15) is 17.9 Å². The Balaban J connectivity index is 0.00000106. The molecule has 0 saturated carbocycles. The van der Waals surface area contributed by atoms with Crippen LogP contribution in [0.4, 0.5) is 0 Å². The molecular weight excluding hydrogens is 381 g/mol. The van der Waals surface area contributed by atoms with Crippen LogP contribution < -0.4 is 10.4 Å². The molecule has 0 aliphatic heterocycles.